The summed E-state index contributed by atoms with van der Waals surface area (Å²) in [4.78, 5) is 0. The van der Waals surface area contributed by atoms with Crippen LogP contribution in [0.1, 0.15) is 24.3 Å². The first-order valence-electron chi connectivity index (χ1n) is 4.19. The molecule has 0 radical (unpaired) electrons. The van der Waals surface area contributed by atoms with Crippen molar-refractivity contribution in [3.05, 3.63) is 35.6 Å². The average molecular weight is 182 g/mol. The molecule has 0 nitrogen and oxygen atoms in total. The number of benzene rings is 1. The third-order valence-electron chi connectivity index (χ3n) is 2.43. The van der Waals surface area contributed by atoms with E-state index in [0.29, 0.717) is 11.2 Å². The van der Waals surface area contributed by atoms with Crippen LogP contribution in [0.2, 0.25) is 0 Å². The summed E-state index contributed by atoms with van der Waals surface area (Å²) in [5, 5.41) is 0.526. The van der Waals surface area contributed by atoms with Crippen LogP contribution in [0.25, 0.3) is 0 Å². The van der Waals surface area contributed by atoms with E-state index in [0.717, 1.165) is 18.4 Å². The van der Waals surface area contributed by atoms with E-state index in [1.54, 1.807) is 12.1 Å². The summed E-state index contributed by atoms with van der Waals surface area (Å²) in [5.41, 5.74) is 1.13. The lowest BCUT2D eigenvalue weighted by Crippen LogP contribution is -2.21. The summed E-state index contributed by atoms with van der Waals surface area (Å²) in [6, 6.07) is 6.88. The van der Waals surface area contributed by atoms with Crippen LogP contribution < -0.4 is 0 Å². The highest BCUT2D eigenvalue weighted by Crippen LogP contribution is 2.39. The van der Waals surface area contributed by atoms with Gasteiger partial charge in [-0.25, -0.2) is 4.39 Å². The number of rotatable bonds is 1. The Morgan fingerprint density at radius 1 is 1.33 bits per heavy atom. The number of hydrogen-bond acceptors (Lipinski definition) is 1. The van der Waals surface area contributed by atoms with E-state index in [2.05, 4.69) is 12.6 Å². The molecule has 2 rings (SSSR count). The highest BCUT2D eigenvalue weighted by Gasteiger charge is 2.27. The zero-order chi connectivity index (χ0) is 8.55. The van der Waals surface area contributed by atoms with Crippen molar-refractivity contribution < 1.29 is 4.39 Å². The summed E-state index contributed by atoms with van der Waals surface area (Å²) in [5.74, 6) is 0.415. The minimum atomic E-state index is -0.130. The molecule has 0 N–H and O–H groups in total. The van der Waals surface area contributed by atoms with Crippen molar-refractivity contribution in [2.45, 2.75) is 24.0 Å². The van der Waals surface area contributed by atoms with Crippen LogP contribution >= 0.6 is 12.6 Å². The van der Waals surface area contributed by atoms with Gasteiger partial charge >= 0.3 is 0 Å². The van der Waals surface area contributed by atoms with Crippen LogP contribution in [0, 0.1) is 5.82 Å². The summed E-state index contributed by atoms with van der Waals surface area (Å²) < 4.78 is 12.8. The fourth-order valence-electron chi connectivity index (χ4n) is 1.62. The molecule has 1 aliphatic carbocycles. The molecule has 12 heavy (non-hydrogen) atoms. The predicted molar refractivity (Wildman–Crippen MR) is 51.1 cm³/mol. The van der Waals surface area contributed by atoms with Crippen LogP contribution in [0.5, 0.6) is 0 Å². The Balaban J connectivity index is 2.13. The van der Waals surface area contributed by atoms with Gasteiger partial charge in [0.25, 0.3) is 0 Å². The van der Waals surface area contributed by atoms with Gasteiger partial charge in [-0.05, 0) is 36.5 Å². The molecule has 0 bridgehead atoms. The van der Waals surface area contributed by atoms with Gasteiger partial charge in [0.1, 0.15) is 5.82 Å². The van der Waals surface area contributed by atoms with E-state index >= 15 is 0 Å². The molecular formula is C10H11FS. The molecule has 0 saturated heterocycles. The molecule has 0 amide bonds. The normalized spacial score (nSPS) is 28.2. The Kier molecular flexibility index (Phi) is 2.09. The highest BCUT2D eigenvalue weighted by atomic mass is 32.1. The van der Waals surface area contributed by atoms with Crippen molar-refractivity contribution in [3.8, 4) is 0 Å². The van der Waals surface area contributed by atoms with Crippen molar-refractivity contribution in [3.63, 3.8) is 0 Å². The Morgan fingerprint density at radius 3 is 2.67 bits per heavy atom. The standard InChI is InChI=1S/C10H11FS/c11-9-3-1-2-7(4-9)8-5-10(12)6-8/h1-4,8,10,12H,5-6H2. The van der Waals surface area contributed by atoms with Crippen LogP contribution in [-0.4, -0.2) is 5.25 Å². The SMILES string of the molecule is Fc1cccc(C2CC(S)C2)c1. The van der Waals surface area contributed by atoms with Crippen LogP contribution in [0.15, 0.2) is 24.3 Å². The van der Waals surface area contributed by atoms with Gasteiger partial charge in [0.15, 0.2) is 0 Å². The maximum atomic E-state index is 12.8. The van der Waals surface area contributed by atoms with E-state index in [-0.39, 0.29) is 5.82 Å². The van der Waals surface area contributed by atoms with Crippen molar-refractivity contribution in [2.24, 2.45) is 0 Å². The smallest absolute Gasteiger partial charge is 0.123 e. The lowest BCUT2D eigenvalue weighted by Gasteiger charge is -2.32. The Bertz CT molecular complexity index is 279. The number of halogens is 1. The zero-order valence-corrected chi connectivity index (χ0v) is 7.60. The van der Waals surface area contributed by atoms with E-state index < -0.39 is 0 Å². The predicted octanol–water partition coefficient (Wildman–Crippen LogP) is 3.00. The van der Waals surface area contributed by atoms with Gasteiger partial charge in [0.2, 0.25) is 0 Å². The third-order valence-corrected chi connectivity index (χ3v) is 2.85. The first kappa shape index (κ1) is 8.11. The van der Waals surface area contributed by atoms with E-state index in [4.69, 9.17) is 0 Å². The minimum Gasteiger partial charge on any atom is -0.207 e. The van der Waals surface area contributed by atoms with Crippen molar-refractivity contribution >= 4 is 12.6 Å². The maximum absolute atomic E-state index is 12.8. The van der Waals surface area contributed by atoms with Gasteiger partial charge in [-0.1, -0.05) is 12.1 Å². The van der Waals surface area contributed by atoms with Crippen LogP contribution in [-0.2, 0) is 0 Å². The lowest BCUT2D eigenvalue weighted by molar-refractivity contribution is 0.435. The molecule has 0 unspecified atom stereocenters. The second-order valence-electron chi connectivity index (χ2n) is 3.38. The van der Waals surface area contributed by atoms with Crippen LogP contribution in [0.3, 0.4) is 0 Å². The molecule has 1 saturated carbocycles. The largest absolute Gasteiger partial charge is 0.207 e. The second-order valence-corrected chi connectivity index (χ2v) is 4.11. The Hall–Kier alpha value is -0.500. The monoisotopic (exact) mass is 182 g/mol. The highest BCUT2D eigenvalue weighted by molar-refractivity contribution is 7.81. The molecule has 1 aromatic carbocycles. The Morgan fingerprint density at radius 2 is 2.08 bits per heavy atom. The first-order chi connectivity index (χ1) is 5.75. The number of thiol groups is 1. The van der Waals surface area contributed by atoms with E-state index in [1.807, 2.05) is 6.07 Å². The fraction of sp³-hybridized carbons (Fsp3) is 0.400. The lowest BCUT2D eigenvalue weighted by atomic mass is 9.79. The summed E-state index contributed by atoms with van der Waals surface area (Å²) in [7, 11) is 0. The zero-order valence-electron chi connectivity index (χ0n) is 6.70. The summed E-state index contributed by atoms with van der Waals surface area (Å²) >= 11 is 4.33. The molecule has 0 atom stereocenters. The Labute approximate surface area is 77.2 Å². The molecule has 0 spiro atoms. The molecule has 1 fully saturated rings. The van der Waals surface area contributed by atoms with Gasteiger partial charge < -0.3 is 0 Å². The van der Waals surface area contributed by atoms with E-state index in [9.17, 15) is 4.39 Å². The fourth-order valence-corrected chi connectivity index (χ4v) is 2.13. The molecular weight excluding hydrogens is 171 g/mol. The number of hydrogen-bond donors (Lipinski definition) is 1. The molecule has 0 aromatic heterocycles. The van der Waals surface area contributed by atoms with Crippen LogP contribution in [0.4, 0.5) is 4.39 Å². The van der Waals surface area contributed by atoms with Gasteiger partial charge in [0, 0.05) is 5.25 Å². The first-order valence-corrected chi connectivity index (χ1v) is 4.71. The van der Waals surface area contributed by atoms with Crippen molar-refractivity contribution in [1.29, 1.82) is 0 Å². The van der Waals surface area contributed by atoms with Gasteiger partial charge in [0.05, 0.1) is 0 Å². The maximum Gasteiger partial charge on any atom is 0.123 e. The molecule has 0 heterocycles. The van der Waals surface area contributed by atoms with Crippen molar-refractivity contribution in [2.75, 3.05) is 0 Å². The van der Waals surface area contributed by atoms with Gasteiger partial charge in [-0.2, -0.15) is 12.6 Å². The average Bonchev–Trinajstić information content (AvgIpc) is 1.99. The molecule has 1 aliphatic rings. The minimum absolute atomic E-state index is 0.130. The quantitative estimate of drug-likeness (QED) is 0.634. The summed E-state index contributed by atoms with van der Waals surface area (Å²) in [6.45, 7) is 0. The molecule has 0 aliphatic heterocycles. The molecule has 64 valence electrons. The topological polar surface area (TPSA) is 0 Å². The third kappa shape index (κ3) is 1.48. The summed E-state index contributed by atoms with van der Waals surface area (Å²) in [6.07, 6.45) is 2.18. The van der Waals surface area contributed by atoms with E-state index in [1.165, 1.54) is 6.07 Å². The van der Waals surface area contributed by atoms with Gasteiger partial charge in [-0.15, -0.1) is 0 Å². The molecule has 1 aromatic rings. The second kappa shape index (κ2) is 3.09. The van der Waals surface area contributed by atoms with Gasteiger partial charge in [-0.3, -0.25) is 0 Å². The van der Waals surface area contributed by atoms with Crippen molar-refractivity contribution in [1.82, 2.24) is 0 Å². The molecule has 2 heteroatoms.